The fraction of sp³-hybridized carbons (Fsp3) is 0.375. The average molecular weight is 550 g/mol. The molecule has 1 saturated heterocycles. The summed E-state index contributed by atoms with van der Waals surface area (Å²) in [7, 11) is 0. The largest absolute Gasteiger partial charge is 0.405 e. The summed E-state index contributed by atoms with van der Waals surface area (Å²) in [5.41, 5.74) is 6.09. The number of fused-ring (bicyclic) bond motifs is 3. The maximum absolute atomic E-state index is 13.3. The van der Waals surface area contributed by atoms with Crippen molar-refractivity contribution >= 4 is 17.5 Å². The van der Waals surface area contributed by atoms with E-state index in [9.17, 15) is 22.8 Å². The van der Waals surface area contributed by atoms with Gasteiger partial charge in [-0.25, -0.2) is 0 Å². The first-order valence-corrected chi connectivity index (χ1v) is 14.0. The third kappa shape index (κ3) is 5.86. The molecule has 1 fully saturated rings. The fourth-order valence-corrected chi connectivity index (χ4v) is 5.96. The number of rotatable bonds is 8. The Morgan fingerprint density at radius 2 is 1.62 bits per heavy atom. The van der Waals surface area contributed by atoms with E-state index in [0.717, 1.165) is 78.7 Å². The predicted molar refractivity (Wildman–Crippen MR) is 151 cm³/mol. The van der Waals surface area contributed by atoms with Crippen molar-refractivity contribution in [3.63, 3.8) is 0 Å². The van der Waals surface area contributed by atoms with Gasteiger partial charge in [0.2, 0.25) is 5.91 Å². The lowest BCUT2D eigenvalue weighted by Crippen LogP contribution is -2.45. The molecule has 0 bridgehead atoms. The summed E-state index contributed by atoms with van der Waals surface area (Å²) in [6.07, 6.45) is -0.341. The molecule has 8 heteroatoms. The Morgan fingerprint density at radius 3 is 2.33 bits per heavy atom. The summed E-state index contributed by atoms with van der Waals surface area (Å²) in [6, 6.07) is 20.8. The lowest BCUT2D eigenvalue weighted by molar-refractivity contribution is -0.138. The summed E-state index contributed by atoms with van der Waals surface area (Å²) in [6.45, 7) is 2.21. The second-order valence-corrected chi connectivity index (χ2v) is 10.6. The highest BCUT2D eigenvalue weighted by Gasteiger charge is 2.39. The molecule has 5 nitrogen and oxygen atoms in total. The normalized spacial score (nSPS) is 16.8. The molecule has 1 atom stereocenters. The first-order chi connectivity index (χ1) is 19.3. The van der Waals surface area contributed by atoms with E-state index >= 15 is 0 Å². The Labute approximate surface area is 232 Å². The van der Waals surface area contributed by atoms with Gasteiger partial charge in [-0.05, 0) is 71.7 Å². The van der Waals surface area contributed by atoms with Crippen LogP contribution in [0.5, 0.6) is 0 Å². The Balaban J connectivity index is 1.42. The van der Waals surface area contributed by atoms with E-state index in [4.69, 9.17) is 0 Å². The fourth-order valence-electron chi connectivity index (χ4n) is 5.96. The summed E-state index contributed by atoms with van der Waals surface area (Å²) in [5.74, 6) is -1.49. The van der Waals surface area contributed by atoms with Gasteiger partial charge >= 0.3 is 6.18 Å². The molecular formula is C32H34F3N3O2. The number of hydrogen-bond acceptors (Lipinski definition) is 3. The van der Waals surface area contributed by atoms with Crippen LogP contribution in [0.1, 0.15) is 65.6 Å². The smallest absolute Gasteiger partial charge is 0.371 e. The molecule has 2 N–H and O–H groups in total. The molecular weight excluding hydrogens is 515 g/mol. The lowest BCUT2D eigenvalue weighted by atomic mass is 9.88. The van der Waals surface area contributed by atoms with Gasteiger partial charge in [0.15, 0.2) is 0 Å². The van der Waals surface area contributed by atoms with Crippen LogP contribution < -0.4 is 15.5 Å². The van der Waals surface area contributed by atoms with Gasteiger partial charge in [-0.15, -0.1) is 0 Å². The Bertz CT molecular complexity index is 1370. The van der Waals surface area contributed by atoms with Crippen LogP contribution in [0.3, 0.4) is 0 Å². The van der Waals surface area contributed by atoms with Crippen LogP contribution in [-0.2, 0) is 11.2 Å². The number of hydrogen-bond donors (Lipinski definition) is 2. The molecule has 1 unspecified atom stereocenters. The van der Waals surface area contributed by atoms with E-state index in [0.29, 0.717) is 5.56 Å². The quantitative estimate of drug-likeness (QED) is 0.351. The Kier molecular flexibility index (Phi) is 8.14. The average Bonchev–Trinajstić information content (AvgIpc) is 3.30. The minimum absolute atomic E-state index is 0.0580. The third-order valence-electron chi connectivity index (χ3n) is 7.90. The molecule has 5 rings (SSSR count). The number of alkyl halides is 3. The molecule has 2 amide bonds. The SMILES string of the molecule is CCCCc1c(N2CCC(NC(=O)c3ccccc3)CC2)ccc2c1C(C(=O)NCC(F)(F)F)c1ccccc1-2. The van der Waals surface area contributed by atoms with Crippen LogP contribution >= 0.6 is 0 Å². The highest BCUT2D eigenvalue weighted by molar-refractivity contribution is 5.98. The van der Waals surface area contributed by atoms with Crippen LogP contribution in [0.4, 0.5) is 18.9 Å². The minimum atomic E-state index is -4.48. The van der Waals surface area contributed by atoms with Crippen LogP contribution in [0, 0.1) is 0 Å². The lowest BCUT2D eigenvalue weighted by Gasteiger charge is -2.36. The zero-order chi connectivity index (χ0) is 28.3. The summed E-state index contributed by atoms with van der Waals surface area (Å²) < 4.78 is 39.0. The molecule has 1 aliphatic heterocycles. The zero-order valence-corrected chi connectivity index (χ0v) is 22.6. The number of carbonyl (C=O) groups is 2. The molecule has 3 aromatic rings. The van der Waals surface area contributed by atoms with E-state index in [-0.39, 0.29) is 11.9 Å². The Morgan fingerprint density at radius 1 is 0.925 bits per heavy atom. The standard InChI is InChI=1S/C32H34F3N3O2/c1-2-3-11-26-27(38-18-16-22(17-19-38)37-30(39)21-9-5-4-6-10-21)15-14-25-23-12-7-8-13-24(23)29(28(25)26)31(40)36-20-32(33,34)35/h4-10,12-15,22,29H,2-3,11,16-20H2,1H3,(H,36,40)(H,37,39). The van der Waals surface area contributed by atoms with Gasteiger partial charge in [0, 0.05) is 30.4 Å². The van der Waals surface area contributed by atoms with Crippen molar-refractivity contribution in [1.82, 2.24) is 10.6 Å². The van der Waals surface area contributed by atoms with Crippen molar-refractivity contribution < 1.29 is 22.8 Å². The van der Waals surface area contributed by atoms with Crippen molar-refractivity contribution in [2.24, 2.45) is 0 Å². The maximum atomic E-state index is 13.3. The van der Waals surface area contributed by atoms with Crippen molar-refractivity contribution in [3.8, 4) is 11.1 Å². The number of benzene rings is 3. The number of nitrogens with zero attached hydrogens (tertiary/aromatic N) is 1. The van der Waals surface area contributed by atoms with Gasteiger partial charge in [-0.1, -0.05) is 61.9 Å². The molecule has 40 heavy (non-hydrogen) atoms. The summed E-state index contributed by atoms with van der Waals surface area (Å²) in [5, 5.41) is 5.30. The van der Waals surface area contributed by atoms with Gasteiger partial charge in [0.05, 0.1) is 5.92 Å². The van der Waals surface area contributed by atoms with E-state index in [2.05, 4.69) is 28.5 Å². The molecule has 0 radical (unpaired) electrons. The van der Waals surface area contributed by atoms with Crippen molar-refractivity contribution in [1.29, 1.82) is 0 Å². The van der Waals surface area contributed by atoms with Crippen molar-refractivity contribution in [2.45, 2.75) is 57.2 Å². The molecule has 210 valence electrons. The number of halogens is 3. The molecule has 0 aromatic heterocycles. The second kappa shape index (κ2) is 11.7. The number of carbonyl (C=O) groups excluding carboxylic acids is 2. The number of piperidine rings is 1. The van der Waals surface area contributed by atoms with Gasteiger partial charge in [-0.2, -0.15) is 13.2 Å². The van der Waals surface area contributed by atoms with Crippen LogP contribution in [0.2, 0.25) is 0 Å². The van der Waals surface area contributed by atoms with E-state index in [1.54, 1.807) is 12.1 Å². The van der Waals surface area contributed by atoms with Gasteiger partial charge in [0.1, 0.15) is 6.54 Å². The van der Waals surface area contributed by atoms with Crippen LogP contribution in [-0.4, -0.2) is 43.7 Å². The molecule has 1 heterocycles. The number of nitrogens with one attached hydrogen (secondary N) is 2. The predicted octanol–water partition coefficient (Wildman–Crippen LogP) is 6.22. The zero-order valence-electron chi connectivity index (χ0n) is 22.6. The second-order valence-electron chi connectivity index (χ2n) is 10.6. The van der Waals surface area contributed by atoms with Crippen LogP contribution in [0.15, 0.2) is 66.7 Å². The third-order valence-corrected chi connectivity index (χ3v) is 7.90. The number of anilines is 1. The number of amides is 2. The monoisotopic (exact) mass is 549 g/mol. The highest BCUT2D eigenvalue weighted by Crippen LogP contribution is 2.49. The molecule has 0 saturated carbocycles. The van der Waals surface area contributed by atoms with Crippen molar-refractivity contribution in [3.05, 3.63) is 89.0 Å². The van der Waals surface area contributed by atoms with Gasteiger partial charge in [0.25, 0.3) is 5.91 Å². The topological polar surface area (TPSA) is 61.4 Å². The minimum Gasteiger partial charge on any atom is -0.371 e. The number of unbranched alkanes of at least 4 members (excludes halogenated alkanes) is 1. The van der Waals surface area contributed by atoms with Crippen LogP contribution in [0.25, 0.3) is 11.1 Å². The molecule has 3 aromatic carbocycles. The van der Waals surface area contributed by atoms with Crippen molar-refractivity contribution in [2.75, 3.05) is 24.5 Å². The first-order valence-electron chi connectivity index (χ1n) is 14.0. The van der Waals surface area contributed by atoms with E-state index in [1.807, 2.05) is 48.5 Å². The molecule has 1 aliphatic carbocycles. The van der Waals surface area contributed by atoms with E-state index in [1.165, 1.54) is 0 Å². The summed E-state index contributed by atoms with van der Waals surface area (Å²) >= 11 is 0. The highest BCUT2D eigenvalue weighted by atomic mass is 19.4. The Hall–Kier alpha value is -3.81. The molecule has 0 spiro atoms. The summed E-state index contributed by atoms with van der Waals surface area (Å²) in [4.78, 5) is 28.3. The van der Waals surface area contributed by atoms with Gasteiger partial charge < -0.3 is 15.5 Å². The van der Waals surface area contributed by atoms with Gasteiger partial charge in [-0.3, -0.25) is 9.59 Å². The first kappa shape index (κ1) is 27.7. The molecule has 2 aliphatic rings. The van der Waals surface area contributed by atoms with E-state index < -0.39 is 24.5 Å². The maximum Gasteiger partial charge on any atom is 0.405 e.